The van der Waals surface area contributed by atoms with Gasteiger partial charge in [0.25, 0.3) is 0 Å². The minimum atomic E-state index is -0.0284. The third kappa shape index (κ3) is 2.48. The van der Waals surface area contributed by atoms with Gasteiger partial charge < -0.3 is 5.11 Å². The summed E-state index contributed by atoms with van der Waals surface area (Å²) < 4.78 is 0. The molecule has 72 valence electrons. The molecule has 0 bridgehead atoms. The van der Waals surface area contributed by atoms with Crippen molar-refractivity contribution in [2.75, 3.05) is 0 Å². The SMILES string of the molecule is CCC1CCCC([C@H](O)CC)C1. The summed E-state index contributed by atoms with van der Waals surface area (Å²) >= 11 is 0. The summed E-state index contributed by atoms with van der Waals surface area (Å²) in [5.41, 5.74) is 0. The topological polar surface area (TPSA) is 20.2 Å². The van der Waals surface area contributed by atoms with Gasteiger partial charge in [0.05, 0.1) is 6.10 Å². The molecular formula is C11H22O. The van der Waals surface area contributed by atoms with Gasteiger partial charge in [-0.1, -0.05) is 33.1 Å². The molecule has 0 heterocycles. The Bertz CT molecular complexity index is 120. The normalized spacial score (nSPS) is 33.2. The van der Waals surface area contributed by atoms with Gasteiger partial charge in [-0.15, -0.1) is 0 Å². The Morgan fingerprint density at radius 3 is 2.67 bits per heavy atom. The highest BCUT2D eigenvalue weighted by Gasteiger charge is 2.25. The predicted molar refractivity (Wildman–Crippen MR) is 52.0 cm³/mol. The molecule has 0 radical (unpaired) electrons. The summed E-state index contributed by atoms with van der Waals surface area (Å²) in [6.45, 7) is 4.35. The highest BCUT2D eigenvalue weighted by atomic mass is 16.3. The molecule has 3 atom stereocenters. The zero-order valence-corrected chi connectivity index (χ0v) is 8.42. The van der Waals surface area contributed by atoms with Crippen molar-refractivity contribution in [3.05, 3.63) is 0 Å². The molecule has 1 heteroatoms. The number of aliphatic hydroxyl groups excluding tert-OH is 1. The Labute approximate surface area is 76.2 Å². The summed E-state index contributed by atoms with van der Waals surface area (Å²) in [4.78, 5) is 0. The van der Waals surface area contributed by atoms with Crippen LogP contribution in [0.3, 0.4) is 0 Å². The molecular weight excluding hydrogens is 148 g/mol. The van der Waals surface area contributed by atoms with Gasteiger partial charge in [-0.25, -0.2) is 0 Å². The monoisotopic (exact) mass is 170 g/mol. The zero-order chi connectivity index (χ0) is 8.97. The van der Waals surface area contributed by atoms with Gasteiger partial charge in [0.2, 0.25) is 0 Å². The van der Waals surface area contributed by atoms with Crippen LogP contribution in [-0.4, -0.2) is 11.2 Å². The fourth-order valence-corrected chi connectivity index (χ4v) is 2.39. The molecule has 1 aliphatic carbocycles. The quantitative estimate of drug-likeness (QED) is 0.690. The lowest BCUT2D eigenvalue weighted by Crippen LogP contribution is -2.25. The van der Waals surface area contributed by atoms with Crippen molar-refractivity contribution in [1.82, 2.24) is 0 Å². The van der Waals surface area contributed by atoms with Crippen LogP contribution in [0.5, 0.6) is 0 Å². The molecule has 1 nitrogen and oxygen atoms in total. The van der Waals surface area contributed by atoms with Crippen molar-refractivity contribution in [2.45, 2.75) is 58.5 Å². The fraction of sp³-hybridized carbons (Fsp3) is 1.00. The summed E-state index contributed by atoms with van der Waals surface area (Å²) in [6, 6.07) is 0. The average molecular weight is 170 g/mol. The lowest BCUT2D eigenvalue weighted by Gasteiger charge is -2.31. The smallest absolute Gasteiger partial charge is 0.0565 e. The molecule has 0 aromatic rings. The fourth-order valence-electron chi connectivity index (χ4n) is 2.39. The van der Waals surface area contributed by atoms with Crippen molar-refractivity contribution in [2.24, 2.45) is 11.8 Å². The minimum absolute atomic E-state index is 0.0284. The standard InChI is InChI=1S/C11H22O/c1-3-9-6-5-7-10(8-9)11(12)4-2/h9-12H,3-8H2,1-2H3/t9?,10?,11-/m1/s1. The lowest BCUT2D eigenvalue weighted by atomic mass is 9.77. The van der Waals surface area contributed by atoms with E-state index in [-0.39, 0.29) is 6.10 Å². The Morgan fingerprint density at radius 2 is 2.08 bits per heavy atom. The van der Waals surface area contributed by atoms with Gasteiger partial charge in [0.15, 0.2) is 0 Å². The van der Waals surface area contributed by atoms with Crippen LogP contribution in [0.15, 0.2) is 0 Å². The van der Waals surface area contributed by atoms with Gasteiger partial charge in [0, 0.05) is 0 Å². The summed E-state index contributed by atoms with van der Waals surface area (Å²) in [6.07, 6.45) is 7.45. The van der Waals surface area contributed by atoms with Crippen molar-refractivity contribution < 1.29 is 5.11 Å². The van der Waals surface area contributed by atoms with E-state index in [1.54, 1.807) is 0 Å². The number of aliphatic hydroxyl groups is 1. The maximum atomic E-state index is 9.70. The van der Waals surface area contributed by atoms with Gasteiger partial charge >= 0.3 is 0 Å². The molecule has 0 spiro atoms. The van der Waals surface area contributed by atoms with Crippen molar-refractivity contribution in [1.29, 1.82) is 0 Å². The second-order valence-corrected chi connectivity index (χ2v) is 4.18. The van der Waals surface area contributed by atoms with Crippen LogP contribution in [0, 0.1) is 11.8 Å². The second kappa shape index (κ2) is 4.86. The van der Waals surface area contributed by atoms with Crippen LogP contribution in [-0.2, 0) is 0 Å². The van der Waals surface area contributed by atoms with E-state index in [0.29, 0.717) is 5.92 Å². The summed E-state index contributed by atoms with van der Waals surface area (Å²) in [7, 11) is 0. The Hall–Kier alpha value is -0.0400. The van der Waals surface area contributed by atoms with Crippen molar-refractivity contribution in [3.8, 4) is 0 Å². The molecule has 1 aliphatic rings. The first-order valence-electron chi connectivity index (χ1n) is 5.46. The first kappa shape index (κ1) is 10.0. The van der Waals surface area contributed by atoms with E-state index in [1.165, 1.54) is 32.1 Å². The first-order valence-corrected chi connectivity index (χ1v) is 5.46. The van der Waals surface area contributed by atoms with E-state index in [1.807, 2.05) is 0 Å². The van der Waals surface area contributed by atoms with E-state index in [9.17, 15) is 5.11 Å². The molecule has 0 aliphatic heterocycles. The molecule has 12 heavy (non-hydrogen) atoms. The van der Waals surface area contributed by atoms with E-state index >= 15 is 0 Å². The lowest BCUT2D eigenvalue weighted by molar-refractivity contribution is 0.0654. The van der Waals surface area contributed by atoms with Crippen LogP contribution in [0.1, 0.15) is 52.4 Å². The van der Waals surface area contributed by atoms with Gasteiger partial charge in [-0.05, 0) is 31.1 Å². The molecule has 0 amide bonds. The van der Waals surface area contributed by atoms with Crippen LogP contribution >= 0.6 is 0 Å². The van der Waals surface area contributed by atoms with Gasteiger partial charge in [-0.3, -0.25) is 0 Å². The van der Waals surface area contributed by atoms with Crippen molar-refractivity contribution >= 4 is 0 Å². The molecule has 1 rings (SSSR count). The van der Waals surface area contributed by atoms with Gasteiger partial charge in [0.1, 0.15) is 0 Å². The zero-order valence-electron chi connectivity index (χ0n) is 8.42. The van der Waals surface area contributed by atoms with Crippen molar-refractivity contribution in [3.63, 3.8) is 0 Å². The summed E-state index contributed by atoms with van der Waals surface area (Å²) in [5, 5.41) is 9.70. The average Bonchev–Trinajstić information content (AvgIpc) is 2.17. The number of hydrogen-bond acceptors (Lipinski definition) is 1. The number of rotatable bonds is 3. The van der Waals surface area contributed by atoms with E-state index in [2.05, 4.69) is 13.8 Å². The van der Waals surface area contributed by atoms with E-state index < -0.39 is 0 Å². The minimum Gasteiger partial charge on any atom is -0.393 e. The van der Waals surface area contributed by atoms with Crippen LogP contribution < -0.4 is 0 Å². The van der Waals surface area contributed by atoms with Crippen LogP contribution in [0.4, 0.5) is 0 Å². The molecule has 2 unspecified atom stereocenters. The Kier molecular flexibility index (Phi) is 4.07. The highest BCUT2D eigenvalue weighted by molar-refractivity contribution is 4.76. The molecule has 1 fully saturated rings. The van der Waals surface area contributed by atoms with Gasteiger partial charge in [-0.2, -0.15) is 0 Å². The summed E-state index contributed by atoms with van der Waals surface area (Å²) in [5.74, 6) is 1.50. The third-order valence-electron chi connectivity index (χ3n) is 3.36. The van der Waals surface area contributed by atoms with E-state index in [0.717, 1.165) is 12.3 Å². The maximum absolute atomic E-state index is 9.70. The largest absolute Gasteiger partial charge is 0.393 e. The second-order valence-electron chi connectivity index (χ2n) is 4.18. The highest BCUT2D eigenvalue weighted by Crippen LogP contribution is 2.33. The third-order valence-corrected chi connectivity index (χ3v) is 3.36. The predicted octanol–water partition coefficient (Wildman–Crippen LogP) is 2.97. The van der Waals surface area contributed by atoms with E-state index in [4.69, 9.17) is 0 Å². The number of hydrogen-bond donors (Lipinski definition) is 1. The first-order chi connectivity index (χ1) is 5.77. The Morgan fingerprint density at radius 1 is 1.33 bits per heavy atom. The molecule has 0 aromatic heterocycles. The molecule has 1 saturated carbocycles. The maximum Gasteiger partial charge on any atom is 0.0565 e. The van der Waals surface area contributed by atoms with Crippen LogP contribution in [0.25, 0.3) is 0 Å². The van der Waals surface area contributed by atoms with Crippen LogP contribution in [0.2, 0.25) is 0 Å². The molecule has 1 N–H and O–H groups in total. The Balaban J connectivity index is 2.34. The molecule has 0 saturated heterocycles. The molecule has 0 aromatic carbocycles.